The Kier molecular flexibility index (Phi) is 6.85. The van der Waals surface area contributed by atoms with Gasteiger partial charge >= 0.3 is 11.9 Å². The van der Waals surface area contributed by atoms with Gasteiger partial charge < -0.3 is 19.6 Å². The van der Waals surface area contributed by atoms with Crippen molar-refractivity contribution in [3.8, 4) is 0 Å². The third-order valence-electron chi connectivity index (χ3n) is 4.69. The number of carboxylic acids is 1. The number of aliphatic carboxylic acids is 1. The lowest BCUT2D eigenvalue weighted by molar-refractivity contribution is -0.143. The van der Waals surface area contributed by atoms with Crippen molar-refractivity contribution in [2.45, 2.75) is 26.2 Å². The van der Waals surface area contributed by atoms with Crippen LogP contribution in [-0.4, -0.2) is 40.4 Å². The van der Waals surface area contributed by atoms with E-state index >= 15 is 0 Å². The fraction of sp³-hybridized carbons (Fsp3) is 0.261. The van der Waals surface area contributed by atoms with Crippen LogP contribution < -0.4 is 5.32 Å². The van der Waals surface area contributed by atoms with E-state index in [9.17, 15) is 14.4 Å². The van der Waals surface area contributed by atoms with E-state index in [1.165, 1.54) is 0 Å². The Balaban J connectivity index is 1.83. The zero-order valence-corrected chi connectivity index (χ0v) is 16.8. The molecule has 0 aliphatic rings. The minimum absolute atomic E-state index is 0.144. The van der Waals surface area contributed by atoms with Crippen molar-refractivity contribution in [3.05, 3.63) is 71.5 Å². The van der Waals surface area contributed by atoms with Crippen LogP contribution in [0.5, 0.6) is 0 Å². The number of ether oxygens (including phenoxy) is 1. The fourth-order valence-corrected chi connectivity index (χ4v) is 3.35. The monoisotopic (exact) mass is 408 g/mol. The SMILES string of the molecule is CCOC(=O)CCCc1cc(C(=O)c2cccc(NCC(=O)O)c2)c2ccccn12. The molecule has 30 heavy (non-hydrogen) atoms. The van der Waals surface area contributed by atoms with Gasteiger partial charge in [-0.3, -0.25) is 14.4 Å². The Morgan fingerprint density at radius 1 is 1.10 bits per heavy atom. The minimum atomic E-state index is -0.974. The molecule has 0 aliphatic heterocycles. The van der Waals surface area contributed by atoms with Crippen molar-refractivity contribution in [2.24, 2.45) is 0 Å². The van der Waals surface area contributed by atoms with E-state index in [0.717, 1.165) is 11.2 Å². The lowest BCUT2D eigenvalue weighted by Crippen LogP contribution is -2.12. The minimum Gasteiger partial charge on any atom is -0.480 e. The molecule has 0 spiro atoms. The summed E-state index contributed by atoms with van der Waals surface area (Å²) in [6.45, 7) is 1.92. The molecule has 156 valence electrons. The van der Waals surface area contributed by atoms with Crippen LogP contribution in [0.25, 0.3) is 5.52 Å². The number of aromatic nitrogens is 1. The van der Waals surface area contributed by atoms with Crippen molar-refractivity contribution < 1.29 is 24.2 Å². The first-order chi connectivity index (χ1) is 14.5. The average molecular weight is 408 g/mol. The van der Waals surface area contributed by atoms with Crippen LogP contribution >= 0.6 is 0 Å². The number of nitrogens with one attached hydrogen (secondary N) is 1. The number of ketones is 1. The zero-order valence-electron chi connectivity index (χ0n) is 16.8. The molecule has 0 amide bonds. The quantitative estimate of drug-likeness (QED) is 0.393. The smallest absolute Gasteiger partial charge is 0.322 e. The molecule has 0 aliphatic carbocycles. The third-order valence-corrected chi connectivity index (χ3v) is 4.69. The summed E-state index contributed by atoms with van der Waals surface area (Å²) in [5.41, 5.74) is 3.34. The van der Waals surface area contributed by atoms with E-state index in [1.54, 1.807) is 31.2 Å². The fourth-order valence-electron chi connectivity index (χ4n) is 3.35. The number of carbonyl (C=O) groups excluding carboxylic acids is 2. The molecule has 0 atom stereocenters. The van der Waals surface area contributed by atoms with Gasteiger partial charge in [-0.05, 0) is 50.1 Å². The summed E-state index contributed by atoms with van der Waals surface area (Å²) >= 11 is 0. The lowest BCUT2D eigenvalue weighted by atomic mass is 10.0. The number of fused-ring (bicyclic) bond motifs is 1. The van der Waals surface area contributed by atoms with Crippen LogP contribution in [0.2, 0.25) is 0 Å². The summed E-state index contributed by atoms with van der Waals surface area (Å²) in [6.07, 6.45) is 3.49. The van der Waals surface area contributed by atoms with Crippen molar-refractivity contribution in [3.63, 3.8) is 0 Å². The topological polar surface area (TPSA) is 97.1 Å². The van der Waals surface area contributed by atoms with Crippen LogP contribution in [-0.2, 0) is 20.7 Å². The highest BCUT2D eigenvalue weighted by Crippen LogP contribution is 2.23. The van der Waals surface area contributed by atoms with E-state index in [4.69, 9.17) is 9.84 Å². The molecule has 2 heterocycles. The van der Waals surface area contributed by atoms with Crippen molar-refractivity contribution >= 4 is 28.9 Å². The van der Waals surface area contributed by atoms with Gasteiger partial charge in [0.05, 0.1) is 12.1 Å². The molecule has 2 aromatic heterocycles. The van der Waals surface area contributed by atoms with Gasteiger partial charge in [0, 0.05) is 35.1 Å². The molecule has 3 aromatic rings. The van der Waals surface area contributed by atoms with E-state index in [0.29, 0.717) is 42.7 Å². The van der Waals surface area contributed by atoms with Gasteiger partial charge in [0.25, 0.3) is 0 Å². The van der Waals surface area contributed by atoms with Crippen LogP contribution in [0.4, 0.5) is 5.69 Å². The number of carbonyl (C=O) groups is 3. The second-order valence-corrected chi connectivity index (χ2v) is 6.82. The summed E-state index contributed by atoms with van der Waals surface area (Å²) < 4.78 is 6.94. The Morgan fingerprint density at radius 2 is 1.93 bits per heavy atom. The number of carboxylic acid groups (broad SMARTS) is 1. The van der Waals surface area contributed by atoms with Gasteiger partial charge in [0.15, 0.2) is 5.78 Å². The summed E-state index contributed by atoms with van der Waals surface area (Å²) in [7, 11) is 0. The van der Waals surface area contributed by atoms with Gasteiger partial charge in [0.2, 0.25) is 0 Å². The predicted molar refractivity (Wildman–Crippen MR) is 113 cm³/mol. The van der Waals surface area contributed by atoms with Crippen molar-refractivity contribution in [2.75, 3.05) is 18.5 Å². The van der Waals surface area contributed by atoms with Gasteiger partial charge in [-0.15, -0.1) is 0 Å². The highest BCUT2D eigenvalue weighted by atomic mass is 16.5. The van der Waals surface area contributed by atoms with E-state index < -0.39 is 5.97 Å². The van der Waals surface area contributed by atoms with Gasteiger partial charge in [0.1, 0.15) is 6.54 Å². The maximum Gasteiger partial charge on any atom is 0.322 e. The Hall–Kier alpha value is -3.61. The van der Waals surface area contributed by atoms with Crippen molar-refractivity contribution in [1.82, 2.24) is 4.40 Å². The maximum atomic E-state index is 13.2. The molecule has 0 unspecified atom stereocenters. The normalized spacial score (nSPS) is 10.7. The number of aryl methyl sites for hydroxylation is 1. The largest absolute Gasteiger partial charge is 0.480 e. The van der Waals surface area contributed by atoms with E-state index in [2.05, 4.69) is 5.32 Å². The molecule has 0 saturated carbocycles. The van der Waals surface area contributed by atoms with E-state index in [-0.39, 0.29) is 18.3 Å². The van der Waals surface area contributed by atoms with Crippen LogP contribution in [0, 0.1) is 0 Å². The Bertz CT molecular complexity index is 1070. The second kappa shape index (κ2) is 9.73. The average Bonchev–Trinajstić information content (AvgIpc) is 3.11. The first-order valence-electron chi connectivity index (χ1n) is 9.84. The lowest BCUT2D eigenvalue weighted by Gasteiger charge is -2.06. The second-order valence-electron chi connectivity index (χ2n) is 6.82. The predicted octanol–water partition coefficient (Wildman–Crippen LogP) is 3.55. The molecule has 0 radical (unpaired) electrons. The molecule has 0 fully saturated rings. The molecule has 1 aromatic carbocycles. The third kappa shape index (κ3) is 5.05. The number of nitrogens with zero attached hydrogens (tertiary/aromatic N) is 1. The molecule has 7 heteroatoms. The van der Waals surface area contributed by atoms with Crippen LogP contribution in [0.15, 0.2) is 54.7 Å². The van der Waals surface area contributed by atoms with Gasteiger partial charge in [-0.25, -0.2) is 0 Å². The number of rotatable bonds is 10. The van der Waals surface area contributed by atoms with Gasteiger partial charge in [-0.2, -0.15) is 0 Å². The standard InChI is InChI=1S/C23H24N2O5/c1-2-30-22(28)11-6-9-18-14-19(20-10-3-4-12-25(18)20)23(29)16-7-5-8-17(13-16)24-15-21(26)27/h3-5,7-8,10,12-14,24H,2,6,9,11,15H2,1H3,(H,26,27). The van der Waals surface area contributed by atoms with Gasteiger partial charge in [-0.1, -0.05) is 18.2 Å². The number of benzene rings is 1. The number of anilines is 1. The van der Waals surface area contributed by atoms with E-state index in [1.807, 2.05) is 34.9 Å². The molecular formula is C23H24N2O5. The zero-order chi connectivity index (χ0) is 21.5. The number of hydrogen-bond donors (Lipinski definition) is 2. The molecule has 7 nitrogen and oxygen atoms in total. The molecule has 0 bridgehead atoms. The Labute approximate surface area is 174 Å². The Morgan fingerprint density at radius 3 is 2.70 bits per heavy atom. The number of esters is 1. The molecular weight excluding hydrogens is 384 g/mol. The summed E-state index contributed by atoms with van der Waals surface area (Å²) in [5.74, 6) is -1.34. The maximum absolute atomic E-state index is 13.2. The summed E-state index contributed by atoms with van der Waals surface area (Å²) in [5, 5.41) is 11.6. The molecule has 2 N–H and O–H groups in total. The molecule has 3 rings (SSSR count). The number of pyridine rings is 1. The first-order valence-corrected chi connectivity index (χ1v) is 9.84. The summed E-state index contributed by atoms with van der Waals surface area (Å²) in [4.78, 5) is 35.6. The highest BCUT2D eigenvalue weighted by Gasteiger charge is 2.17. The number of hydrogen-bond acceptors (Lipinski definition) is 5. The molecule has 0 saturated heterocycles. The first kappa shape index (κ1) is 21.1. The van der Waals surface area contributed by atoms with Crippen LogP contribution in [0.1, 0.15) is 41.4 Å². The highest BCUT2D eigenvalue weighted by molar-refractivity contribution is 6.13. The summed E-state index contributed by atoms with van der Waals surface area (Å²) in [6, 6.07) is 14.3. The van der Waals surface area contributed by atoms with Crippen molar-refractivity contribution in [1.29, 1.82) is 0 Å². The van der Waals surface area contributed by atoms with Crippen LogP contribution in [0.3, 0.4) is 0 Å².